The van der Waals surface area contributed by atoms with Crippen LogP contribution in [-0.2, 0) is 4.74 Å². The number of benzene rings is 1. The minimum absolute atomic E-state index is 0.205. The van der Waals surface area contributed by atoms with Crippen LogP contribution in [0.15, 0.2) is 28.7 Å². The third-order valence-electron chi connectivity index (χ3n) is 2.86. The number of rotatable bonds is 4. The zero-order chi connectivity index (χ0) is 11.4. The second kappa shape index (κ2) is 5.60. The zero-order valence-electron chi connectivity index (χ0n) is 9.12. The highest BCUT2D eigenvalue weighted by molar-refractivity contribution is 9.10. The van der Waals surface area contributed by atoms with E-state index in [0.29, 0.717) is 12.5 Å². The van der Waals surface area contributed by atoms with Crippen molar-refractivity contribution in [2.75, 3.05) is 6.61 Å². The molecule has 1 saturated heterocycles. The van der Waals surface area contributed by atoms with E-state index >= 15 is 0 Å². The molecule has 1 aromatic carbocycles. The van der Waals surface area contributed by atoms with Crippen LogP contribution in [0, 0.1) is 0 Å². The summed E-state index contributed by atoms with van der Waals surface area (Å²) in [5.41, 5.74) is 0.785. The lowest BCUT2D eigenvalue weighted by atomic mass is 10.0. The Labute approximate surface area is 104 Å². The standard InChI is InChI=1S/C13H15BrO2/c14-11-4-1-3-10(9-11)13(15)7-6-12-5-2-8-16-12/h1,3-4,9,12H,2,5-8H2. The van der Waals surface area contributed by atoms with Crippen molar-refractivity contribution in [3.05, 3.63) is 34.3 Å². The molecule has 1 unspecified atom stereocenters. The molecule has 1 aromatic rings. The average Bonchev–Trinajstić information content (AvgIpc) is 2.78. The van der Waals surface area contributed by atoms with E-state index in [1.54, 1.807) is 0 Å². The van der Waals surface area contributed by atoms with Gasteiger partial charge in [-0.1, -0.05) is 28.1 Å². The molecule has 3 heteroatoms. The third kappa shape index (κ3) is 3.16. The molecular formula is C13H15BrO2. The number of hydrogen-bond donors (Lipinski definition) is 0. The second-order valence-corrected chi connectivity index (χ2v) is 5.02. The topological polar surface area (TPSA) is 26.3 Å². The summed E-state index contributed by atoms with van der Waals surface area (Å²) in [5.74, 6) is 0.205. The molecule has 2 nitrogen and oxygen atoms in total. The van der Waals surface area contributed by atoms with Crippen LogP contribution in [0.25, 0.3) is 0 Å². The van der Waals surface area contributed by atoms with Crippen molar-refractivity contribution in [3.63, 3.8) is 0 Å². The fourth-order valence-corrected chi connectivity index (χ4v) is 2.37. The van der Waals surface area contributed by atoms with Crippen molar-refractivity contribution in [1.82, 2.24) is 0 Å². The molecule has 1 fully saturated rings. The Morgan fingerprint density at radius 3 is 3.06 bits per heavy atom. The highest BCUT2D eigenvalue weighted by Crippen LogP contribution is 2.19. The van der Waals surface area contributed by atoms with Gasteiger partial charge in [-0.15, -0.1) is 0 Å². The number of carbonyl (C=O) groups is 1. The van der Waals surface area contributed by atoms with Crippen molar-refractivity contribution >= 4 is 21.7 Å². The van der Waals surface area contributed by atoms with E-state index < -0.39 is 0 Å². The van der Waals surface area contributed by atoms with E-state index in [9.17, 15) is 4.79 Å². The first-order valence-electron chi connectivity index (χ1n) is 5.66. The van der Waals surface area contributed by atoms with Crippen LogP contribution in [0.2, 0.25) is 0 Å². The van der Waals surface area contributed by atoms with E-state index in [4.69, 9.17) is 4.74 Å². The summed E-state index contributed by atoms with van der Waals surface area (Å²) in [6.45, 7) is 0.857. The highest BCUT2D eigenvalue weighted by Gasteiger charge is 2.17. The average molecular weight is 283 g/mol. The highest BCUT2D eigenvalue weighted by atomic mass is 79.9. The molecule has 0 spiro atoms. The summed E-state index contributed by atoms with van der Waals surface area (Å²) in [4.78, 5) is 11.9. The molecule has 0 radical (unpaired) electrons. The molecule has 16 heavy (non-hydrogen) atoms. The Bertz CT molecular complexity index is 370. The van der Waals surface area contributed by atoms with Gasteiger partial charge in [0.2, 0.25) is 0 Å². The molecule has 1 aliphatic rings. The van der Waals surface area contributed by atoms with Gasteiger partial charge >= 0.3 is 0 Å². The number of hydrogen-bond acceptors (Lipinski definition) is 2. The van der Waals surface area contributed by atoms with Crippen LogP contribution in [0.4, 0.5) is 0 Å². The fraction of sp³-hybridized carbons (Fsp3) is 0.462. The summed E-state index contributed by atoms with van der Waals surface area (Å²) in [6, 6.07) is 7.56. The Balaban J connectivity index is 1.87. The van der Waals surface area contributed by atoms with Crippen LogP contribution in [-0.4, -0.2) is 18.5 Å². The first-order chi connectivity index (χ1) is 7.75. The lowest BCUT2D eigenvalue weighted by molar-refractivity contribution is 0.0859. The molecule has 1 aliphatic heterocycles. The van der Waals surface area contributed by atoms with Crippen LogP contribution in [0.5, 0.6) is 0 Å². The van der Waals surface area contributed by atoms with Gasteiger partial charge in [0.1, 0.15) is 0 Å². The number of carbonyl (C=O) groups excluding carboxylic acids is 1. The summed E-state index contributed by atoms with van der Waals surface area (Å²) in [7, 11) is 0. The molecule has 1 heterocycles. The number of Topliss-reactive ketones (excluding diaryl/α,β-unsaturated/α-hetero) is 1. The minimum atomic E-state index is 0.205. The first-order valence-corrected chi connectivity index (χ1v) is 6.45. The monoisotopic (exact) mass is 282 g/mol. The Morgan fingerprint density at radius 2 is 2.38 bits per heavy atom. The van der Waals surface area contributed by atoms with Gasteiger partial charge in [0.15, 0.2) is 5.78 Å². The quantitative estimate of drug-likeness (QED) is 0.789. The van der Waals surface area contributed by atoms with Gasteiger partial charge in [-0.25, -0.2) is 0 Å². The normalized spacial score (nSPS) is 19.9. The molecule has 0 bridgehead atoms. The zero-order valence-corrected chi connectivity index (χ0v) is 10.7. The van der Waals surface area contributed by atoms with Crippen molar-refractivity contribution in [3.8, 4) is 0 Å². The van der Waals surface area contributed by atoms with E-state index in [1.165, 1.54) is 0 Å². The van der Waals surface area contributed by atoms with E-state index in [-0.39, 0.29) is 5.78 Å². The van der Waals surface area contributed by atoms with Gasteiger partial charge in [0.05, 0.1) is 6.10 Å². The molecule has 2 rings (SSSR count). The number of ether oxygens (including phenoxy) is 1. The van der Waals surface area contributed by atoms with Gasteiger partial charge < -0.3 is 4.74 Å². The SMILES string of the molecule is O=C(CCC1CCCO1)c1cccc(Br)c1. The fourth-order valence-electron chi connectivity index (χ4n) is 1.97. The van der Waals surface area contributed by atoms with Crippen LogP contribution in [0.1, 0.15) is 36.0 Å². The Kier molecular flexibility index (Phi) is 4.13. The van der Waals surface area contributed by atoms with E-state index in [2.05, 4.69) is 15.9 Å². The van der Waals surface area contributed by atoms with Gasteiger partial charge in [-0.2, -0.15) is 0 Å². The minimum Gasteiger partial charge on any atom is -0.378 e. The third-order valence-corrected chi connectivity index (χ3v) is 3.36. The molecule has 0 N–H and O–H groups in total. The summed E-state index contributed by atoms with van der Waals surface area (Å²) < 4.78 is 6.46. The smallest absolute Gasteiger partial charge is 0.163 e. The molecule has 86 valence electrons. The Hall–Kier alpha value is -0.670. The molecule has 0 saturated carbocycles. The molecule has 0 aromatic heterocycles. The molecular weight excluding hydrogens is 268 g/mol. The summed E-state index contributed by atoms with van der Waals surface area (Å²) >= 11 is 3.37. The number of ketones is 1. The number of halogens is 1. The van der Waals surface area contributed by atoms with Crippen LogP contribution in [0.3, 0.4) is 0 Å². The van der Waals surface area contributed by atoms with Crippen molar-refractivity contribution in [2.24, 2.45) is 0 Å². The largest absolute Gasteiger partial charge is 0.378 e. The van der Waals surface area contributed by atoms with E-state index in [0.717, 1.165) is 35.9 Å². The molecule has 0 aliphatic carbocycles. The van der Waals surface area contributed by atoms with Gasteiger partial charge in [0.25, 0.3) is 0 Å². The van der Waals surface area contributed by atoms with Crippen LogP contribution < -0.4 is 0 Å². The first kappa shape index (κ1) is 11.8. The van der Waals surface area contributed by atoms with E-state index in [1.807, 2.05) is 24.3 Å². The lowest BCUT2D eigenvalue weighted by Crippen LogP contribution is -2.08. The van der Waals surface area contributed by atoms with Crippen molar-refractivity contribution in [2.45, 2.75) is 31.8 Å². The maximum Gasteiger partial charge on any atom is 0.163 e. The predicted octanol–water partition coefficient (Wildman–Crippen LogP) is 3.59. The second-order valence-electron chi connectivity index (χ2n) is 4.11. The van der Waals surface area contributed by atoms with Gasteiger partial charge in [-0.3, -0.25) is 4.79 Å². The maximum absolute atomic E-state index is 11.9. The predicted molar refractivity (Wildman–Crippen MR) is 66.7 cm³/mol. The summed E-state index contributed by atoms with van der Waals surface area (Å²) in [5, 5.41) is 0. The van der Waals surface area contributed by atoms with Gasteiger partial charge in [-0.05, 0) is 31.4 Å². The lowest BCUT2D eigenvalue weighted by Gasteiger charge is -2.08. The Morgan fingerprint density at radius 1 is 1.50 bits per heavy atom. The molecule has 0 amide bonds. The maximum atomic E-state index is 11.9. The van der Waals surface area contributed by atoms with Crippen LogP contribution >= 0.6 is 15.9 Å². The van der Waals surface area contributed by atoms with Gasteiger partial charge in [0, 0.05) is 23.1 Å². The van der Waals surface area contributed by atoms with Crippen molar-refractivity contribution < 1.29 is 9.53 Å². The molecule has 1 atom stereocenters. The van der Waals surface area contributed by atoms with Crippen molar-refractivity contribution in [1.29, 1.82) is 0 Å². The summed E-state index contributed by atoms with van der Waals surface area (Å²) in [6.07, 6.45) is 3.98.